The third-order valence-corrected chi connectivity index (χ3v) is 20.5. The van der Waals surface area contributed by atoms with E-state index in [1.165, 1.54) is 72.7 Å². The van der Waals surface area contributed by atoms with E-state index < -0.39 is 21.8 Å². The van der Waals surface area contributed by atoms with Gasteiger partial charge in [0.1, 0.15) is 0 Å². The number of fused-ring (bicyclic) bond motifs is 4. The van der Waals surface area contributed by atoms with Crippen molar-refractivity contribution in [3.63, 3.8) is 0 Å². The van der Waals surface area contributed by atoms with Gasteiger partial charge in [-0.05, 0) is 0 Å². The van der Waals surface area contributed by atoms with Crippen LogP contribution < -0.4 is 24.5 Å². The van der Waals surface area contributed by atoms with Crippen molar-refractivity contribution in [2.24, 2.45) is 0 Å². The molecule has 0 aliphatic carbocycles. The summed E-state index contributed by atoms with van der Waals surface area (Å²) in [4.78, 5) is 7.73. The average molecular weight is 808 g/mol. The normalized spacial score (nSPS) is 14.0. The van der Waals surface area contributed by atoms with Gasteiger partial charge < -0.3 is 0 Å². The van der Waals surface area contributed by atoms with Crippen molar-refractivity contribution in [3.05, 3.63) is 170 Å². The number of benzene rings is 8. The summed E-state index contributed by atoms with van der Waals surface area (Å²) in [6, 6.07) is 63.0. The van der Waals surface area contributed by atoms with Gasteiger partial charge in [-0.1, -0.05) is 0 Å². The molecule has 8 aromatic carbocycles. The summed E-state index contributed by atoms with van der Waals surface area (Å²) < 4.78 is 4.68. The van der Waals surface area contributed by atoms with Crippen LogP contribution in [0.25, 0.3) is 21.5 Å². The molecule has 3 nitrogen and oxygen atoms in total. The van der Waals surface area contributed by atoms with Gasteiger partial charge in [0, 0.05) is 0 Å². The first-order valence-corrected chi connectivity index (χ1v) is 21.7. The first-order valence-electron chi connectivity index (χ1n) is 16.5. The summed E-state index contributed by atoms with van der Waals surface area (Å²) in [5.41, 5.74) is 11.6. The van der Waals surface area contributed by atoms with Gasteiger partial charge in [0.2, 0.25) is 0 Å². The SMILES string of the molecule is c1ccc(N2c3cccc4[c]3[Bi]3[c]5c2cc2ccccc2c5N(c2ccccc2)c2[c]3c(cc3ccccc23)N4c2ccccc2)cc1. The van der Waals surface area contributed by atoms with Gasteiger partial charge in [0.25, 0.3) is 0 Å². The van der Waals surface area contributed by atoms with Crippen molar-refractivity contribution in [2.45, 2.75) is 0 Å². The summed E-state index contributed by atoms with van der Waals surface area (Å²) in [6.45, 7) is 0. The number of rotatable bonds is 3. The molecule has 0 radical (unpaired) electrons. The second-order valence-electron chi connectivity index (χ2n) is 12.6. The van der Waals surface area contributed by atoms with Gasteiger partial charge in [-0.3, -0.25) is 0 Å². The summed E-state index contributed by atoms with van der Waals surface area (Å²) in [7, 11) is 0. The zero-order chi connectivity index (χ0) is 31.3. The second kappa shape index (κ2) is 10.0. The summed E-state index contributed by atoms with van der Waals surface area (Å²) in [5.74, 6) is 0. The van der Waals surface area contributed by atoms with Gasteiger partial charge in [-0.15, -0.1) is 0 Å². The van der Waals surface area contributed by atoms with Crippen LogP contribution in [0.3, 0.4) is 0 Å². The molecule has 4 heteroatoms. The molecule has 0 unspecified atom stereocenters. The molecular weight excluding hydrogens is 779 g/mol. The first-order chi connectivity index (χ1) is 23.9. The van der Waals surface area contributed by atoms with E-state index >= 15 is 0 Å². The summed E-state index contributed by atoms with van der Waals surface area (Å²) in [6.07, 6.45) is 0. The maximum atomic E-state index is 2.62. The average Bonchev–Trinajstić information content (AvgIpc) is 3.16. The Morgan fingerprint density at radius 2 is 0.708 bits per heavy atom. The van der Waals surface area contributed by atoms with E-state index in [2.05, 4.69) is 185 Å². The fourth-order valence-corrected chi connectivity index (χ4v) is 20.4. The van der Waals surface area contributed by atoms with Crippen LogP contribution in [0.4, 0.5) is 51.2 Å². The molecule has 11 rings (SSSR count). The number of hydrogen-bond acceptors (Lipinski definition) is 3. The van der Waals surface area contributed by atoms with Crippen molar-refractivity contribution in [2.75, 3.05) is 14.7 Å². The van der Waals surface area contributed by atoms with E-state index in [9.17, 15) is 0 Å². The van der Waals surface area contributed by atoms with Crippen molar-refractivity contribution >= 4 is 104 Å². The fourth-order valence-electron chi connectivity index (χ4n) is 8.20. The Kier molecular flexibility index (Phi) is 5.56. The maximum absolute atomic E-state index is 3.03. The van der Waals surface area contributed by atoms with E-state index in [1.807, 2.05) is 0 Å². The number of nitrogens with zero attached hydrogens (tertiary/aromatic N) is 3. The van der Waals surface area contributed by atoms with Crippen LogP contribution in [-0.4, -0.2) is 21.8 Å². The third kappa shape index (κ3) is 3.51. The Morgan fingerprint density at radius 1 is 0.312 bits per heavy atom. The van der Waals surface area contributed by atoms with Gasteiger partial charge in [-0.25, -0.2) is 0 Å². The van der Waals surface area contributed by atoms with E-state index in [1.54, 1.807) is 9.81 Å². The molecule has 0 saturated carbocycles. The molecule has 0 N–H and O–H groups in total. The topological polar surface area (TPSA) is 9.72 Å². The zero-order valence-corrected chi connectivity index (χ0v) is 29.4. The van der Waals surface area contributed by atoms with E-state index in [0.717, 1.165) is 0 Å². The molecule has 3 heterocycles. The van der Waals surface area contributed by atoms with Crippen LogP contribution in [0.5, 0.6) is 0 Å². The van der Waals surface area contributed by atoms with Gasteiger partial charge in [0.15, 0.2) is 0 Å². The van der Waals surface area contributed by atoms with Crippen molar-refractivity contribution in [1.29, 1.82) is 0 Å². The molecule has 3 aliphatic heterocycles. The van der Waals surface area contributed by atoms with Crippen LogP contribution in [-0.2, 0) is 0 Å². The molecule has 8 aromatic rings. The minimum atomic E-state index is -3.03. The third-order valence-electron chi connectivity index (χ3n) is 10.1. The minimum absolute atomic E-state index is 1.19. The summed E-state index contributed by atoms with van der Waals surface area (Å²) in [5, 5.41) is 5.16. The molecule has 0 amide bonds. The molecule has 0 spiro atoms. The van der Waals surface area contributed by atoms with Crippen LogP contribution in [0.15, 0.2) is 170 Å². The van der Waals surface area contributed by atoms with Gasteiger partial charge in [-0.2, -0.15) is 0 Å². The van der Waals surface area contributed by atoms with Crippen LogP contribution in [0.2, 0.25) is 0 Å². The van der Waals surface area contributed by atoms with Crippen LogP contribution >= 0.6 is 0 Å². The molecule has 224 valence electrons. The standard InChI is InChI=1S/C44H28N3.Bi/c1-4-17-34(18-5-1)45-37-23-14-24-38(29-37)46(35-19-6-2-7-20-35)40-28-33-16-11-13-26-42(33)44(31-40)47(36-21-8-3-9-22-36)43-30-39(45)27-32-15-10-12-25-41(32)43;/h1-28H;. The monoisotopic (exact) mass is 807 g/mol. The molecule has 0 fully saturated rings. The Morgan fingerprint density at radius 3 is 1.17 bits per heavy atom. The van der Waals surface area contributed by atoms with Gasteiger partial charge in [0.05, 0.1) is 0 Å². The molecule has 48 heavy (non-hydrogen) atoms. The van der Waals surface area contributed by atoms with E-state index in [-0.39, 0.29) is 0 Å². The Bertz CT molecular complexity index is 2430. The molecular formula is C44H28BiN3. The van der Waals surface area contributed by atoms with Gasteiger partial charge >= 0.3 is 289 Å². The second-order valence-corrected chi connectivity index (χ2v) is 20.4. The van der Waals surface area contributed by atoms with Crippen LogP contribution in [0.1, 0.15) is 0 Å². The predicted octanol–water partition coefficient (Wildman–Crippen LogP) is 9.86. The van der Waals surface area contributed by atoms with Crippen molar-refractivity contribution < 1.29 is 0 Å². The quantitative estimate of drug-likeness (QED) is 0.165. The van der Waals surface area contributed by atoms with Crippen molar-refractivity contribution in [3.8, 4) is 0 Å². The number of anilines is 9. The Balaban J connectivity index is 1.39. The number of hydrogen-bond donors (Lipinski definition) is 0. The molecule has 0 atom stereocenters. The summed E-state index contributed by atoms with van der Waals surface area (Å²) >= 11 is -3.03. The van der Waals surface area contributed by atoms with Crippen LogP contribution in [0, 0.1) is 0 Å². The Labute approximate surface area is 287 Å². The molecule has 0 aromatic heterocycles. The Hall–Kier alpha value is -5.44. The van der Waals surface area contributed by atoms with E-state index in [4.69, 9.17) is 0 Å². The van der Waals surface area contributed by atoms with Crippen molar-refractivity contribution in [1.82, 2.24) is 0 Å². The zero-order valence-electron chi connectivity index (χ0n) is 26.0. The molecule has 0 bridgehead atoms. The fraction of sp³-hybridized carbons (Fsp3) is 0. The molecule has 0 saturated heterocycles. The van der Waals surface area contributed by atoms with E-state index in [0.29, 0.717) is 0 Å². The predicted molar refractivity (Wildman–Crippen MR) is 204 cm³/mol. The number of para-hydroxylation sites is 3. The molecule has 3 aliphatic rings. The first kappa shape index (κ1) is 26.6.